The van der Waals surface area contributed by atoms with Crippen LogP contribution in [-0.2, 0) is 17.3 Å². The van der Waals surface area contributed by atoms with Gasteiger partial charge in [-0.3, -0.25) is 9.59 Å². The van der Waals surface area contributed by atoms with Crippen LogP contribution in [0.3, 0.4) is 0 Å². The summed E-state index contributed by atoms with van der Waals surface area (Å²) >= 11 is 5.22. The van der Waals surface area contributed by atoms with Crippen LogP contribution in [0.1, 0.15) is 90.6 Å². The monoisotopic (exact) mass is 740 g/mol. The standard InChI is InChI=1S/C39H39F3O9S/c1-4-12-28-31(19-18-27(23(2)43)35(28)45)49-20-10-8-6-5-7-9-15-30(34(44)24-13-11-14-25(21-24)39(40,41)42)33-36(46)29-17-16-26(52)22-32(29)50-37(33)51-38(47)48-3/h5,7,9,11,13-15,17-19,21-22,30,34,44-45H,4,6,8,10,12,16,20H2,1-3H3/b7-5-,15-9+/t30-,34-/m0/s1. The van der Waals surface area contributed by atoms with Gasteiger partial charge in [-0.2, -0.15) is 13.2 Å². The van der Waals surface area contributed by atoms with E-state index in [-0.39, 0.29) is 45.3 Å². The molecule has 0 saturated heterocycles. The quantitative estimate of drug-likeness (QED) is 0.0543. The van der Waals surface area contributed by atoms with Gasteiger partial charge in [0.1, 0.15) is 16.9 Å². The van der Waals surface area contributed by atoms with Crippen molar-refractivity contribution in [3.8, 4) is 17.4 Å². The van der Waals surface area contributed by atoms with E-state index < -0.39 is 41.3 Å². The summed E-state index contributed by atoms with van der Waals surface area (Å²) in [6, 6.07) is 7.31. The number of allylic oxidation sites excluding steroid dienone is 3. The maximum atomic E-state index is 13.9. The van der Waals surface area contributed by atoms with Crippen LogP contribution in [0, 0.1) is 0 Å². The molecular weight excluding hydrogens is 701 g/mol. The van der Waals surface area contributed by atoms with Crippen molar-refractivity contribution in [2.75, 3.05) is 13.7 Å². The Kier molecular flexibility index (Phi) is 13.7. The van der Waals surface area contributed by atoms with Crippen LogP contribution in [-0.4, -0.2) is 40.7 Å². The highest BCUT2D eigenvalue weighted by Gasteiger charge is 2.34. The Morgan fingerprint density at radius 1 is 1.13 bits per heavy atom. The summed E-state index contributed by atoms with van der Waals surface area (Å²) in [5.41, 5.74) is -1.25. The third kappa shape index (κ3) is 9.86. The molecule has 0 spiro atoms. The van der Waals surface area contributed by atoms with E-state index in [1.54, 1.807) is 18.2 Å². The largest absolute Gasteiger partial charge is 0.516 e. The van der Waals surface area contributed by atoms with Gasteiger partial charge in [-0.05, 0) is 68.5 Å². The molecular formula is C39H39F3O9S. The summed E-state index contributed by atoms with van der Waals surface area (Å²) in [7, 11) is 1.04. The van der Waals surface area contributed by atoms with Gasteiger partial charge in [-0.25, -0.2) is 4.79 Å². The summed E-state index contributed by atoms with van der Waals surface area (Å²) in [4.78, 5) is 38.4. The van der Waals surface area contributed by atoms with E-state index >= 15 is 0 Å². The van der Waals surface area contributed by atoms with Crippen molar-refractivity contribution in [2.24, 2.45) is 0 Å². The van der Waals surface area contributed by atoms with Crippen molar-refractivity contribution in [3.05, 3.63) is 109 Å². The van der Waals surface area contributed by atoms with Crippen molar-refractivity contribution in [3.63, 3.8) is 0 Å². The lowest BCUT2D eigenvalue weighted by Gasteiger charge is -2.22. The fraction of sp³-hybridized carbons (Fsp3) is 0.333. The Morgan fingerprint density at radius 2 is 1.90 bits per heavy atom. The first kappa shape index (κ1) is 39.8. The highest BCUT2D eigenvalue weighted by molar-refractivity contribution is 7.81. The number of phenols is 1. The second-order valence-corrected chi connectivity index (χ2v) is 12.5. The molecule has 1 heterocycles. The Balaban J connectivity index is 1.57. The third-order valence-electron chi connectivity index (χ3n) is 8.26. The fourth-order valence-corrected chi connectivity index (χ4v) is 5.84. The Labute approximate surface area is 303 Å². The van der Waals surface area contributed by atoms with Crippen LogP contribution in [0.25, 0.3) is 12.2 Å². The molecule has 276 valence electrons. The van der Waals surface area contributed by atoms with E-state index in [0.717, 1.165) is 31.7 Å². The number of aromatic hydroxyl groups is 1. The molecule has 4 rings (SSSR count). The summed E-state index contributed by atoms with van der Waals surface area (Å²) in [5, 5.41) is 22.2. The minimum atomic E-state index is -4.69. The number of phenolic OH excluding ortho intramolecular Hbond substituents is 1. The molecule has 2 aromatic carbocycles. The zero-order valence-electron chi connectivity index (χ0n) is 28.8. The lowest BCUT2D eigenvalue weighted by Crippen LogP contribution is -2.44. The molecule has 3 aromatic rings. The summed E-state index contributed by atoms with van der Waals surface area (Å²) in [6.07, 6.45) is 5.29. The predicted octanol–water partition coefficient (Wildman–Crippen LogP) is 7.18. The van der Waals surface area contributed by atoms with Crippen LogP contribution in [0.15, 0.2) is 69.9 Å². The van der Waals surface area contributed by atoms with E-state index in [1.807, 2.05) is 13.0 Å². The number of halogens is 3. The molecule has 9 nitrogen and oxygen atoms in total. The zero-order chi connectivity index (χ0) is 38.0. The Hall–Kier alpha value is -5.01. The average molecular weight is 741 g/mol. The fourth-order valence-electron chi connectivity index (χ4n) is 5.65. The van der Waals surface area contributed by atoms with Crippen LogP contribution in [0.2, 0.25) is 0 Å². The van der Waals surface area contributed by atoms with Gasteiger partial charge in [-0.1, -0.05) is 68.1 Å². The number of rotatable bonds is 15. The molecule has 0 amide bonds. The number of aliphatic hydroxyl groups is 1. The van der Waals surface area contributed by atoms with Gasteiger partial charge in [0, 0.05) is 22.8 Å². The van der Waals surface area contributed by atoms with Crippen LogP contribution in [0.5, 0.6) is 17.4 Å². The molecule has 52 heavy (non-hydrogen) atoms. The highest BCUT2D eigenvalue weighted by Crippen LogP contribution is 2.38. The van der Waals surface area contributed by atoms with E-state index in [1.165, 1.54) is 37.3 Å². The molecule has 0 unspecified atom stereocenters. The number of Topliss-reactive ketones (excluding diaryl/α,β-unsaturated/α-hetero) is 1. The number of thiocarbonyl (C=S) groups is 1. The molecule has 0 saturated carbocycles. The minimum Gasteiger partial charge on any atom is -0.507 e. The smallest absolute Gasteiger partial charge is 0.507 e. The SMILES string of the molecule is CCCc1c(OCCCC/C=C\C=C\[C@@H](c2c(OC(=O)OC)oc3c(c2=O)=CCC(=S)C=3)[C@@H](O)c2cccc(C(F)(F)F)c2)ccc(C(C)=O)c1O. The normalized spacial score (nSPS) is 14.0. The van der Waals surface area contributed by atoms with Crippen LogP contribution >= 0.6 is 12.2 Å². The second-order valence-electron chi connectivity index (χ2n) is 12.0. The average Bonchev–Trinajstić information content (AvgIpc) is 3.10. The van der Waals surface area contributed by atoms with Crippen molar-refractivity contribution < 1.29 is 51.6 Å². The van der Waals surface area contributed by atoms with Crippen molar-refractivity contribution in [1.82, 2.24) is 0 Å². The van der Waals surface area contributed by atoms with E-state index in [9.17, 15) is 37.8 Å². The maximum absolute atomic E-state index is 13.9. The van der Waals surface area contributed by atoms with Crippen molar-refractivity contribution in [1.29, 1.82) is 0 Å². The van der Waals surface area contributed by atoms with Gasteiger partial charge in [0.2, 0.25) is 0 Å². The van der Waals surface area contributed by atoms with Gasteiger partial charge in [-0.15, -0.1) is 0 Å². The summed E-state index contributed by atoms with van der Waals surface area (Å²) < 4.78 is 62.2. The number of ether oxygens (including phenoxy) is 3. The van der Waals surface area contributed by atoms with Crippen molar-refractivity contribution in [2.45, 2.75) is 70.6 Å². The van der Waals surface area contributed by atoms with Gasteiger partial charge in [0.25, 0.3) is 0 Å². The number of ketones is 1. The number of fused-ring (bicyclic) bond motifs is 1. The molecule has 0 radical (unpaired) electrons. The minimum absolute atomic E-state index is 0.0236. The predicted molar refractivity (Wildman–Crippen MR) is 192 cm³/mol. The molecule has 0 fully saturated rings. The van der Waals surface area contributed by atoms with Gasteiger partial charge >= 0.3 is 18.3 Å². The number of unbranched alkanes of at least 4 members (excludes halogenated alkanes) is 2. The number of aliphatic hydroxyl groups excluding tert-OH is 1. The lowest BCUT2D eigenvalue weighted by atomic mass is 9.88. The molecule has 2 N–H and O–H groups in total. The van der Waals surface area contributed by atoms with Gasteiger partial charge < -0.3 is 28.8 Å². The Morgan fingerprint density at radius 3 is 2.60 bits per heavy atom. The van der Waals surface area contributed by atoms with Gasteiger partial charge in [0.15, 0.2) is 11.2 Å². The summed E-state index contributed by atoms with van der Waals surface area (Å²) in [6.45, 7) is 3.71. The number of benzene rings is 2. The third-order valence-corrected chi connectivity index (χ3v) is 8.54. The number of carbonyl (C=O) groups is 2. The van der Waals surface area contributed by atoms with Gasteiger partial charge in [0.05, 0.1) is 41.7 Å². The lowest BCUT2D eigenvalue weighted by molar-refractivity contribution is -0.137. The van der Waals surface area contributed by atoms with E-state index in [4.69, 9.17) is 26.1 Å². The molecule has 1 aromatic heterocycles. The van der Waals surface area contributed by atoms with Crippen LogP contribution in [0.4, 0.5) is 18.0 Å². The molecule has 0 aliphatic heterocycles. The molecule has 1 aliphatic carbocycles. The number of alkyl halides is 3. The molecule has 13 heteroatoms. The zero-order valence-corrected chi connectivity index (χ0v) is 29.6. The topological polar surface area (TPSA) is 132 Å². The first-order valence-corrected chi connectivity index (χ1v) is 17.0. The number of carbonyl (C=O) groups excluding carboxylic acids is 2. The number of hydrogen-bond donors (Lipinski definition) is 2. The second kappa shape index (κ2) is 18.0. The van der Waals surface area contributed by atoms with Crippen molar-refractivity contribution >= 4 is 41.2 Å². The summed E-state index contributed by atoms with van der Waals surface area (Å²) in [5.74, 6) is -1.71. The first-order valence-electron chi connectivity index (χ1n) is 16.6. The van der Waals surface area contributed by atoms with E-state index in [2.05, 4.69) is 4.74 Å². The molecule has 1 aliphatic rings. The Bertz CT molecular complexity index is 2050. The molecule has 0 bridgehead atoms. The first-order chi connectivity index (χ1) is 24.8. The van der Waals surface area contributed by atoms with Crippen LogP contribution < -0.4 is 25.5 Å². The number of methoxy groups -OCH3 is 1. The number of hydrogen-bond acceptors (Lipinski definition) is 10. The van der Waals surface area contributed by atoms with E-state index in [0.29, 0.717) is 48.5 Å². The molecule has 2 atom stereocenters. The highest BCUT2D eigenvalue weighted by atomic mass is 32.1. The maximum Gasteiger partial charge on any atom is 0.516 e.